The lowest BCUT2D eigenvalue weighted by molar-refractivity contribution is -0.131. The van der Waals surface area contributed by atoms with Crippen LogP contribution in [0.15, 0.2) is 18.3 Å². The minimum atomic E-state index is 0.134. The summed E-state index contributed by atoms with van der Waals surface area (Å²) < 4.78 is 5.29. The van der Waals surface area contributed by atoms with Crippen LogP contribution in [0.4, 0.5) is 0 Å². The molecule has 1 saturated heterocycles. The van der Waals surface area contributed by atoms with Crippen LogP contribution in [0, 0.1) is 0 Å². The Morgan fingerprint density at radius 1 is 1.47 bits per heavy atom. The minimum Gasteiger partial charge on any atom is -0.379 e. The summed E-state index contributed by atoms with van der Waals surface area (Å²) in [4.78, 5) is 17.8. The molecule has 0 atom stereocenters. The first-order valence-corrected chi connectivity index (χ1v) is 5.79. The lowest BCUT2D eigenvalue weighted by Crippen LogP contribution is -2.31. The van der Waals surface area contributed by atoms with Crippen LogP contribution in [0.5, 0.6) is 0 Å². The molecule has 2 heterocycles. The Morgan fingerprint density at radius 2 is 2.35 bits per heavy atom. The molecule has 2 rings (SSSR count). The molecule has 1 amide bonds. The maximum atomic E-state index is 11.8. The van der Waals surface area contributed by atoms with Crippen LogP contribution in [-0.2, 0) is 22.6 Å². The lowest BCUT2D eigenvalue weighted by Gasteiger charge is -2.20. The highest BCUT2D eigenvalue weighted by molar-refractivity contribution is 5.76. The van der Waals surface area contributed by atoms with E-state index < -0.39 is 0 Å². The summed E-state index contributed by atoms with van der Waals surface area (Å²) in [5, 5.41) is 0. The van der Waals surface area contributed by atoms with E-state index in [1.54, 1.807) is 6.20 Å². The molecule has 0 radical (unpaired) electrons. The number of hydrogen-bond acceptors (Lipinski definition) is 4. The summed E-state index contributed by atoms with van der Waals surface area (Å²) in [5.41, 5.74) is 7.50. The fourth-order valence-corrected chi connectivity index (χ4v) is 1.89. The smallest absolute Gasteiger partial charge is 0.225 e. The maximum absolute atomic E-state index is 11.8. The third kappa shape index (κ3) is 3.01. The summed E-state index contributed by atoms with van der Waals surface area (Å²) in [6, 6.07) is 3.83. The van der Waals surface area contributed by atoms with Gasteiger partial charge in [-0.3, -0.25) is 9.78 Å². The van der Waals surface area contributed by atoms with Crippen molar-refractivity contribution in [1.29, 1.82) is 0 Å². The molecule has 1 fully saturated rings. The molecule has 0 bridgehead atoms. The second-order valence-corrected chi connectivity index (χ2v) is 3.99. The van der Waals surface area contributed by atoms with Crippen molar-refractivity contribution in [3.8, 4) is 0 Å². The van der Waals surface area contributed by atoms with Crippen molar-refractivity contribution in [1.82, 2.24) is 9.88 Å². The lowest BCUT2D eigenvalue weighted by atomic mass is 10.1. The molecule has 2 N–H and O–H groups in total. The zero-order chi connectivity index (χ0) is 12.1. The van der Waals surface area contributed by atoms with Crippen molar-refractivity contribution in [3.05, 3.63) is 29.6 Å². The zero-order valence-corrected chi connectivity index (χ0v) is 9.76. The molecule has 92 valence electrons. The van der Waals surface area contributed by atoms with E-state index in [1.807, 2.05) is 17.0 Å². The molecular weight excluding hydrogens is 218 g/mol. The minimum absolute atomic E-state index is 0.134. The molecule has 1 aromatic heterocycles. The van der Waals surface area contributed by atoms with Crippen molar-refractivity contribution < 1.29 is 9.53 Å². The van der Waals surface area contributed by atoms with Crippen LogP contribution in [0.25, 0.3) is 0 Å². The molecule has 1 aliphatic rings. The van der Waals surface area contributed by atoms with Gasteiger partial charge in [0.1, 0.15) is 0 Å². The van der Waals surface area contributed by atoms with Crippen LogP contribution in [0.1, 0.15) is 17.7 Å². The van der Waals surface area contributed by atoms with Crippen LogP contribution in [0.3, 0.4) is 0 Å². The van der Waals surface area contributed by atoms with E-state index >= 15 is 0 Å². The Bertz CT molecular complexity index is 395. The number of aromatic nitrogens is 1. The van der Waals surface area contributed by atoms with Gasteiger partial charge in [0.15, 0.2) is 0 Å². The summed E-state index contributed by atoms with van der Waals surface area (Å²) in [6.45, 7) is 2.73. The number of nitrogens with zero attached hydrogens (tertiary/aromatic N) is 2. The molecule has 0 unspecified atom stereocenters. The molecule has 1 aliphatic heterocycles. The van der Waals surface area contributed by atoms with E-state index in [4.69, 9.17) is 10.5 Å². The average Bonchev–Trinajstić information content (AvgIpc) is 2.56. The monoisotopic (exact) mass is 235 g/mol. The summed E-state index contributed by atoms with van der Waals surface area (Å²) >= 11 is 0. The number of carbonyl (C=O) groups excluding carboxylic acids is 1. The van der Waals surface area contributed by atoms with Crippen molar-refractivity contribution in [3.63, 3.8) is 0 Å². The highest BCUT2D eigenvalue weighted by Gasteiger charge is 2.18. The van der Waals surface area contributed by atoms with Crippen LogP contribution < -0.4 is 5.73 Å². The van der Waals surface area contributed by atoms with Crippen molar-refractivity contribution >= 4 is 5.91 Å². The van der Waals surface area contributed by atoms with Gasteiger partial charge in [-0.25, -0.2) is 0 Å². The molecule has 1 aromatic rings. The average molecular weight is 235 g/mol. The highest BCUT2D eigenvalue weighted by atomic mass is 16.5. The Labute approximate surface area is 101 Å². The van der Waals surface area contributed by atoms with Gasteiger partial charge in [0, 0.05) is 25.8 Å². The van der Waals surface area contributed by atoms with E-state index in [-0.39, 0.29) is 5.91 Å². The number of nitrogens with two attached hydrogens (primary N) is 1. The van der Waals surface area contributed by atoms with E-state index in [0.29, 0.717) is 39.3 Å². The molecule has 0 aromatic carbocycles. The molecule has 5 heteroatoms. The predicted octanol–water partition coefficient (Wildman–Crippen LogP) is 0.289. The van der Waals surface area contributed by atoms with E-state index in [9.17, 15) is 4.79 Å². The van der Waals surface area contributed by atoms with Gasteiger partial charge < -0.3 is 15.4 Å². The molecule has 17 heavy (non-hydrogen) atoms. The Kier molecular flexibility index (Phi) is 4.06. The number of hydrogen-bond donors (Lipinski definition) is 1. The summed E-state index contributed by atoms with van der Waals surface area (Å²) in [5.74, 6) is 0.134. The van der Waals surface area contributed by atoms with Gasteiger partial charge in [0.25, 0.3) is 0 Å². The topological polar surface area (TPSA) is 68.4 Å². The van der Waals surface area contributed by atoms with Gasteiger partial charge in [-0.1, -0.05) is 6.07 Å². The summed E-state index contributed by atoms with van der Waals surface area (Å²) in [6.07, 6.45) is 2.18. The fraction of sp³-hybridized carbons (Fsp3) is 0.500. The molecule has 0 aliphatic carbocycles. The van der Waals surface area contributed by atoms with Gasteiger partial charge in [-0.2, -0.15) is 0 Å². The SMILES string of the molecule is NCc1ncccc1CN1CCOCCC1=O. The zero-order valence-electron chi connectivity index (χ0n) is 9.76. The Morgan fingerprint density at radius 3 is 3.18 bits per heavy atom. The van der Waals surface area contributed by atoms with Crippen molar-refractivity contribution in [2.75, 3.05) is 19.8 Å². The number of pyridine rings is 1. The molecule has 0 saturated carbocycles. The van der Waals surface area contributed by atoms with E-state index in [2.05, 4.69) is 4.98 Å². The Hall–Kier alpha value is -1.46. The van der Waals surface area contributed by atoms with E-state index in [0.717, 1.165) is 11.3 Å². The number of carbonyl (C=O) groups is 1. The first kappa shape index (κ1) is 12.0. The first-order chi connectivity index (χ1) is 8.31. The Balaban J connectivity index is 2.10. The molecular formula is C12H17N3O2. The van der Waals surface area contributed by atoms with Gasteiger partial charge in [0.05, 0.1) is 25.3 Å². The number of amides is 1. The largest absolute Gasteiger partial charge is 0.379 e. The van der Waals surface area contributed by atoms with Gasteiger partial charge in [0.2, 0.25) is 5.91 Å². The van der Waals surface area contributed by atoms with Crippen molar-refractivity contribution in [2.24, 2.45) is 5.73 Å². The standard InChI is InChI=1S/C12H17N3O2/c13-8-11-10(2-1-4-14-11)9-15-5-7-17-6-3-12(15)16/h1-2,4H,3,5-9,13H2. The molecule has 0 spiro atoms. The normalized spacial score (nSPS) is 17.0. The fourth-order valence-electron chi connectivity index (χ4n) is 1.89. The molecule has 5 nitrogen and oxygen atoms in total. The third-order valence-electron chi connectivity index (χ3n) is 2.86. The quantitative estimate of drug-likeness (QED) is 0.817. The van der Waals surface area contributed by atoms with Crippen molar-refractivity contribution in [2.45, 2.75) is 19.5 Å². The van der Waals surface area contributed by atoms with Crippen LogP contribution in [-0.4, -0.2) is 35.5 Å². The highest BCUT2D eigenvalue weighted by Crippen LogP contribution is 2.11. The predicted molar refractivity (Wildman–Crippen MR) is 63.0 cm³/mol. The van der Waals surface area contributed by atoms with E-state index in [1.165, 1.54) is 0 Å². The first-order valence-electron chi connectivity index (χ1n) is 5.79. The summed E-state index contributed by atoms with van der Waals surface area (Å²) in [7, 11) is 0. The number of ether oxygens (including phenoxy) is 1. The van der Waals surface area contributed by atoms with Gasteiger partial charge in [-0.05, 0) is 11.6 Å². The van der Waals surface area contributed by atoms with Gasteiger partial charge in [-0.15, -0.1) is 0 Å². The van der Waals surface area contributed by atoms with Crippen LogP contribution >= 0.6 is 0 Å². The van der Waals surface area contributed by atoms with Crippen LogP contribution in [0.2, 0.25) is 0 Å². The number of rotatable bonds is 3. The second kappa shape index (κ2) is 5.75. The third-order valence-corrected chi connectivity index (χ3v) is 2.86. The van der Waals surface area contributed by atoms with Gasteiger partial charge >= 0.3 is 0 Å². The second-order valence-electron chi connectivity index (χ2n) is 3.99. The maximum Gasteiger partial charge on any atom is 0.225 e.